The molecule has 5 nitrogen and oxygen atoms in total. The van der Waals surface area contributed by atoms with Crippen LogP contribution in [0, 0.1) is 0 Å². The highest BCUT2D eigenvalue weighted by Crippen LogP contribution is 2.15. The Hall–Kier alpha value is -1.92. The van der Waals surface area contributed by atoms with E-state index in [0.717, 1.165) is 12.8 Å². The maximum absolute atomic E-state index is 12.1. The molecule has 3 rings (SSSR count). The first-order valence-corrected chi connectivity index (χ1v) is 8.20. The van der Waals surface area contributed by atoms with Gasteiger partial charge in [0.1, 0.15) is 6.10 Å². The molecule has 0 radical (unpaired) electrons. The van der Waals surface area contributed by atoms with Crippen molar-refractivity contribution in [3.8, 4) is 5.88 Å². The topological polar surface area (TPSA) is 60.5 Å². The molecule has 1 amide bonds. The molecule has 22 heavy (non-hydrogen) atoms. The Morgan fingerprint density at radius 3 is 3.23 bits per heavy atom. The molecule has 1 aliphatic rings. The van der Waals surface area contributed by atoms with Crippen LogP contribution in [0.25, 0.3) is 0 Å². The third-order valence-electron chi connectivity index (χ3n) is 3.41. The van der Waals surface area contributed by atoms with E-state index < -0.39 is 0 Å². The molecule has 1 atom stereocenters. The number of rotatable bonds is 6. The molecule has 1 saturated heterocycles. The molecule has 116 valence electrons. The van der Waals surface area contributed by atoms with Crippen molar-refractivity contribution in [1.82, 2.24) is 10.3 Å². The average molecular weight is 318 g/mol. The molecule has 2 aromatic rings. The van der Waals surface area contributed by atoms with Gasteiger partial charge in [-0.1, -0.05) is 6.07 Å². The average Bonchev–Trinajstić information content (AvgIpc) is 3.21. The molecule has 2 aromatic heterocycles. The number of pyridine rings is 1. The largest absolute Gasteiger partial charge is 0.472 e. The van der Waals surface area contributed by atoms with Crippen LogP contribution in [0.2, 0.25) is 0 Å². The first-order valence-electron chi connectivity index (χ1n) is 7.32. The lowest BCUT2D eigenvalue weighted by molar-refractivity contribution is 0.0952. The van der Waals surface area contributed by atoms with Gasteiger partial charge in [0.2, 0.25) is 5.88 Å². The Morgan fingerprint density at radius 2 is 2.45 bits per heavy atom. The first-order chi connectivity index (χ1) is 10.8. The van der Waals surface area contributed by atoms with Crippen molar-refractivity contribution in [2.45, 2.75) is 18.9 Å². The Kier molecular flexibility index (Phi) is 5.03. The molecule has 0 unspecified atom stereocenters. The third kappa shape index (κ3) is 4.05. The third-order valence-corrected chi connectivity index (χ3v) is 4.35. The van der Waals surface area contributed by atoms with Gasteiger partial charge < -0.3 is 14.8 Å². The second kappa shape index (κ2) is 7.38. The van der Waals surface area contributed by atoms with Crippen molar-refractivity contribution in [1.29, 1.82) is 0 Å². The summed E-state index contributed by atoms with van der Waals surface area (Å²) in [6.07, 6.45) is 3.33. The van der Waals surface area contributed by atoms with Gasteiger partial charge in [0.05, 0.1) is 13.2 Å². The summed E-state index contributed by atoms with van der Waals surface area (Å²) in [7, 11) is 0. The summed E-state index contributed by atoms with van der Waals surface area (Å²) in [6.45, 7) is 1.92. The minimum atomic E-state index is -0.105. The first kappa shape index (κ1) is 15.0. The van der Waals surface area contributed by atoms with Gasteiger partial charge in [-0.05, 0) is 23.9 Å². The maximum Gasteiger partial charge on any atom is 0.251 e. The fourth-order valence-electron chi connectivity index (χ4n) is 2.25. The molecule has 1 fully saturated rings. The molecular weight excluding hydrogens is 300 g/mol. The van der Waals surface area contributed by atoms with E-state index in [2.05, 4.69) is 16.4 Å². The van der Waals surface area contributed by atoms with Crippen LogP contribution < -0.4 is 10.1 Å². The van der Waals surface area contributed by atoms with Crippen LogP contribution in [0.3, 0.4) is 0 Å². The standard InChI is InChI=1S/C16H18N2O3S/c19-16(18-7-4-14-2-1-9-22-14)12-3-6-17-15(10-12)21-13-5-8-20-11-13/h1-3,6,9-10,13H,4-5,7-8,11H2,(H,18,19)/t13-/m0/s1. The molecule has 3 heterocycles. The number of hydrogen-bond acceptors (Lipinski definition) is 5. The van der Waals surface area contributed by atoms with Gasteiger partial charge in [0, 0.05) is 35.7 Å². The minimum Gasteiger partial charge on any atom is -0.472 e. The van der Waals surface area contributed by atoms with Crippen molar-refractivity contribution >= 4 is 17.2 Å². The number of nitrogens with zero attached hydrogens (tertiary/aromatic N) is 1. The van der Waals surface area contributed by atoms with E-state index in [1.807, 2.05) is 11.4 Å². The zero-order valence-electron chi connectivity index (χ0n) is 12.2. The summed E-state index contributed by atoms with van der Waals surface area (Å²) in [5.41, 5.74) is 0.565. The highest BCUT2D eigenvalue weighted by molar-refractivity contribution is 7.09. The number of carbonyl (C=O) groups is 1. The fourth-order valence-corrected chi connectivity index (χ4v) is 2.96. The van der Waals surface area contributed by atoms with Crippen molar-refractivity contribution in [3.05, 3.63) is 46.3 Å². The van der Waals surface area contributed by atoms with E-state index in [4.69, 9.17) is 9.47 Å². The van der Waals surface area contributed by atoms with Crippen molar-refractivity contribution in [3.63, 3.8) is 0 Å². The summed E-state index contributed by atoms with van der Waals surface area (Å²) >= 11 is 1.70. The molecular formula is C16H18N2O3S. The molecule has 1 aliphatic heterocycles. The lowest BCUT2D eigenvalue weighted by Gasteiger charge is -2.11. The normalized spacial score (nSPS) is 17.4. The summed E-state index contributed by atoms with van der Waals surface area (Å²) < 4.78 is 11.0. The van der Waals surface area contributed by atoms with Gasteiger partial charge in [-0.15, -0.1) is 11.3 Å². The van der Waals surface area contributed by atoms with Gasteiger partial charge in [-0.3, -0.25) is 4.79 Å². The molecule has 0 bridgehead atoms. The molecule has 0 aliphatic carbocycles. The monoisotopic (exact) mass is 318 g/mol. The number of ether oxygens (including phenoxy) is 2. The summed E-state index contributed by atoms with van der Waals surface area (Å²) in [6, 6.07) is 7.46. The summed E-state index contributed by atoms with van der Waals surface area (Å²) in [4.78, 5) is 17.6. The number of hydrogen-bond donors (Lipinski definition) is 1. The van der Waals surface area contributed by atoms with Gasteiger partial charge in [-0.2, -0.15) is 0 Å². The van der Waals surface area contributed by atoms with Gasteiger partial charge in [0.25, 0.3) is 5.91 Å². The smallest absolute Gasteiger partial charge is 0.251 e. The van der Waals surface area contributed by atoms with Crippen LogP contribution >= 0.6 is 11.3 Å². The maximum atomic E-state index is 12.1. The highest BCUT2D eigenvalue weighted by Gasteiger charge is 2.18. The van der Waals surface area contributed by atoms with E-state index in [9.17, 15) is 4.79 Å². The van der Waals surface area contributed by atoms with Gasteiger partial charge in [0.15, 0.2) is 0 Å². The van der Waals surface area contributed by atoms with E-state index in [1.165, 1.54) is 4.88 Å². The minimum absolute atomic E-state index is 0.0321. The predicted octanol–water partition coefficient (Wildman–Crippen LogP) is 2.28. The zero-order chi connectivity index (χ0) is 15.2. The van der Waals surface area contributed by atoms with Crippen LogP contribution in [0.4, 0.5) is 0 Å². The lowest BCUT2D eigenvalue weighted by atomic mass is 10.2. The van der Waals surface area contributed by atoms with Gasteiger partial charge in [-0.25, -0.2) is 4.98 Å². The van der Waals surface area contributed by atoms with E-state index in [1.54, 1.807) is 29.7 Å². The van der Waals surface area contributed by atoms with Crippen LogP contribution in [-0.2, 0) is 11.2 Å². The van der Waals surface area contributed by atoms with E-state index >= 15 is 0 Å². The SMILES string of the molecule is O=C(NCCc1cccs1)c1ccnc(O[C@H]2CCOC2)c1. The Morgan fingerprint density at radius 1 is 1.50 bits per heavy atom. The van der Waals surface area contributed by atoms with Crippen LogP contribution in [0.1, 0.15) is 21.7 Å². The lowest BCUT2D eigenvalue weighted by Crippen LogP contribution is -2.25. The molecule has 0 spiro atoms. The Labute approximate surface area is 133 Å². The molecule has 0 aromatic carbocycles. The fraction of sp³-hybridized carbons (Fsp3) is 0.375. The number of aromatic nitrogens is 1. The second-order valence-electron chi connectivity index (χ2n) is 5.07. The highest BCUT2D eigenvalue weighted by atomic mass is 32.1. The van der Waals surface area contributed by atoms with Crippen LogP contribution in [-0.4, -0.2) is 36.8 Å². The van der Waals surface area contributed by atoms with E-state index in [0.29, 0.717) is 31.2 Å². The van der Waals surface area contributed by atoms with Crippen molar-refractivity contribution in [2.75, 3.05) is 19.8 Å². The van der Waals surface area contributed by atoms with Crippen LogP contribution in [0.15, 0.2) is 35.8 Å². The van der Waals surface area contributed by atoms with Crippen molar-refractivity contribution in [2.24, 2.45) is 0 Å². The Bertz CT molecular complexity index is 610. The molecule has 0 saturated carbocycles. The molecule has 1 N–H and O–H groups in total. The number of nitrogens with one attached hydrogen (secondary N) is 1. The summed E-state index contributed by atoms with van der Waals surface area (Å²) in [5, 5.41) is 4.96. The number of carbonyl (C=O) groups excluding carboxylic acids is 1. The number of thiophene rings is 1. The molecule has 6 heteroatoms. The Balaban J connectivity index is 1.52. The predicted molar refractivity (Wildman–Crippen MR) is 84.4 cm³/mol. The number of amides is 1. The van der Waals surface area contributed by atoms with Crippen LogP contribution in [0.5, 0.6) is 5.88 Å². The second-order valence-corrected chi connectivity index (χ2v) is 6.10. The zero-order valence-corrected chi connectivity index (χ0v) is 13.0. The van der Waals surface area contributed by atoms with Crippen molar-refractivity contribution < 1.29 is 14.3 Å². The summed E-state index contributed by atoms with van der Waals surface area (Å²) in [5.74, 6) is 0.368. The van der Waals surface area contributed by atoms with Gasteiger partial charge >= 0.3 is 0 Å². The van der Waals surface area contributed by atoms with E-state index in [-0.39, 0.29) is 12.0 Å². The quantitative estimate of drug-likeness (QED) is 0.888.